The maximum atomic E-state index is 13.6. The highest BCUT2D eigenvalue weighted by Gasteiger charge is 2.43. The summed E-state index contributed by atoms with van der Waals surface area (Å²) in [5, 5.41) is 0.468. The largest absolute Gasteiger partial charge is 0.494 e. The molecule has 33 heavy (non-hydrogen) atoms. The third kappa shape index (κ3) is 3.69. The number of rotatable bonds is 6. The van der Waals surface area contributed by atoms with Crippen LogP contribution in [0.3, 0.4) is 0 Å². The number of amides is 1. The minimum Gasteiger partial charge on any atom is -0.494 e. The smallest absolute Gasteiger partial charge is 0.295 e. The molecule has 1 aromatic heterocycles. The molecule has 0 aliphatic carbocycles. The fraction of sp³-hybridized carbons (Fsp3) is 0.214. The van der Waals surface area contributed by atoms with Crippen LogP contribution in [0.2, 0.25) is 0 Å². The fourth-order valence-electron chi connectivity index (χ4n) is 4.39. The molecule has 4 aromatic rings. The molecule has 1 atom stereocenters. The van der Waals surface area contributed by atoms with Crippen LogP contribution in [0.15, 0.2) is 82.0 Å². The number of hydrogen-bond acceptors (Lipinski definition) is 4. The van der Waals surface area contributed by atoms with Crippen LogP contribution in [0.4, 0.5) is 5.69 Å². The summed E-state index contributed by atoms with van der Waals surface area (Å²) in [6.07, 6.45) is 2.00. The number of nitrogens with zero attached hydrogens (tertiary/aromatic N) is 1. The quantitative estimate of drug-likeness (QED) is 0.344. The Kier molecular flexibility index (Phi) is 5.47. The average Bonchev–Trinajstić information content (AvgIpc) is 3.12. The lowest BCUT2D eigenvalue weighted by Gasteiger charge is -2.26. The second kappa shape index (κ2) is 8.58. The zero-order valence-electron chi connectivity index (χ0n) is 18.7. The summed E-state index contributed by atoms with van der Waals surface area (Å²) in [4.78, 5) is 28.9. The van der Waals surface area contributed by atoms with Crippen molar-refractivity contribution in [2.45, 2.75) is 32.7 Å². The lowest BCUT2D eigenvalue weighted by atomic mass is 9.98. The van der Waals surface area contributed by atoms with Gasteiger partial charge in [0, 0.05) is 5.69 Å². The zero-order chi connectivity index (χ0) is 22.9. The van der Waals surface area contributed by atoms with Gasteiger partial charge >= 0.3 is 0 Å². The molecule has 0 bridgehead atoms. The number of aryl methyl sites for hydroxylation is 1. The van der Waals surface area contributed by atoms with Gasteiger partial charge in [-0.2, -0.15) is 0 Å². The Morgan fingerprint density at radius 1 is 0.970 bits per heavy atom. The Hall–Kier alpha value is -3.86. The average molecular weight is 440 g/mol. The monoisotopic (exact) mass is 439 g/mol. The molecule has 1 amide bonds. The van der Waals surface area contributed by atoms with E-state index in [0.717, 1.165) is 35.4 Å². The van der Waals surface area contributed by atoms with Crippen molar-refractivity contribution in [2.24, 2.45) is 0 Å². The predicted molar refractivity (Wildman–Crippen MR) is 129 cm³/mol. The molecule has 3 aromatic carbocycles. The molecule has 0 N–H and O–H groups in total. The first-order valence-corrected chi connectivity index (χ1v) is 11.3. The molecule has 1 unspecified atom stereocenters. The molecule has 0 fully saturated rings. The van der Waals surface area contributed by atoms with Crippen LogP contribution in [-0.4, -0.2) is 12.5 Å². The van der Waals surface area contributed by atoms with Gasteiger partial charge in [-0.25, -0.2) is 0 Å². The van der Waals surface area contributed by atoms with Gasteiger partial charge in [-0.15, -0.1) is 0 Å². The topological polar surface area (TPSA) is 59.8 Å². The van der Waals surface area contributed by atoms with E-state index in [1.165, 1.54) is 0 Å². The van der Waals surface area contributed by atoms with E-state index < -0.39 is 6.04 Å². The van der Waals surface area contributed by atoms with Gasteiger partial charge in [-0.1, -0.05) is 49.7 Å². The molecule has 1 aliphatic heterocycles. The van der Waals surface area contributed by atoms with Crippen LogP contribution in [0.25, 0.3) is 11.0 Å². The molecular weight excluding hydrogens is 414 g/mol. The molecular formula is C28H25NO4. The Morgan fingerprint density at radius 2 is 1.79 bits per heavy atom. The lowest BCUT2D eigenvalue weighted by Crippen LogP contribution is -2.29. The molecule has 2 heterocycles. The first-order valence-electron chi connectivity index (χ1n) is 11.3. The maximum Gasteiger partial charge on any atom is 0.295 e. The molecule has 0 radical (unpaired) electrons. The molecule has 0 spiro atoms. The number of benzene rings is 3. The number of ether oxygens (including phenoxy) is 1. The lowest BCUT2D eigenvalue weighted by molar-refractivity contribution is 0.0971. The summed E-state index contributed by atoms with van der Waals surface area (Å²) in [6.45, 7) is 4.71. The first-order chi connectivity index (χ1) is 16.1. The Bertz CT molecular complexity index is 1400. The number of unbranched alkanes of at least 4 members (excludes halogenated alkanes) is 1. The highest BCUT2D eigenvalue weighted by atomic mass is 16.5. The maximum absolute atomic E-state index is 13.6. The summed E-state index contributed by atoms with van der Waals surface area (Å²) in [5.41, 5.74) is 3.15. The van der Waals surface area contributed by atoms with E-state index >= 15 is 0 Å². The summed E-state index contributed by atoms with van der Waals surface area (Å²) in [5.74, 6) is 0.500. The Morgan fingerprint density at radius 3 is 2.61 bits per heavy atom. The predicted octanol–water partition coefficient (Wildman–Crippen LogP) is 6.03. The molecule has 5 nitrogen and oxygen atoms in total. The number of para-hydroxylation sites is 1. The molecule has 166 valence electrons. The standard InChI is InChI=1S/C28H25NO4/c1-3-4-15-32-21-12-8-10-19(17-21)25-24-26(30)22-13-5-6-14-23(22)33-27(24)28(31)29(25)20-11-7-9-18(2)16-20/h5-14,16-17,25H,3-4,15H2,1-2H3. The Labute approximate surface area is 192 Å². The minimum absolute atomic E-state index is 0.0995. The van der Waals surface area contributed by atoms with E-state index in [1.807, 2.05) is 55.5 Å². The zero-order valence-corrected chi connectivity index (χ0v) is 18.7. The Balaban J connectivity index is 1.71. The fourth-order valence-corrected chi connectivity index (χ4v) is 4.39. The van der Waals surface area contributed by atoms with Crippen LogP contribution < -0.4 is 15.1 Å². The summed E-state index contributed by atoms with van der Waals surface area (Å²) in [7, 11) is 0. The van der Waals surface area contributed by atoms with Gasteiger partial charge in [0.1, 0.15) is 11.3 Å². The van der Waals surface area contributed by atoms with Crippen molar-refractivity contribution in [1.82, 2.24) is 0 Å². The van der Waals surface area contributed by atoms with E-state index in [9.17, 15) is 9.59 Å². The number of fused-ring (bicyclic) bond motifs is 2. The normalized spacial score (nSPS) is 15.2. The summed E-state index contributed by atoms with van der Waals surface area (Å²) in [6, 6.07) is 21.8. The van der Waals surface area contributed by atoms with Gasteiger partial charge < -0.3 is 9.15 Å². The van der Waals surface area contributed by atoms with Gasteiger partial charge in [-0.05, 0) is 60.9 Å². The number of hydrogen-bond donors (Lipinski definition) is 0. The van der Waals surface area contributed by atoms with Crippen LogP contribution in [-0.2, 0) is 0 Å². The van der Waals surface area contributed by atoms with E-state index in [1.54, 1.807) is 29.2 Å². The molecule has 5 heteroatoms. The second-order valence-corrected chi connectivity index (χ2v) is 8.36. The van der Waals surface area contributed by atoms with E-state index in [0.29, 0.717) is 23.1 Å². The van der Waals surface area contributed by atoms with Gasteiger partial charge in [0.05, 0.1) is 23.6 Å². The highest BCUT2D eigenvalue weighted by Crippen LogP contribution is 2.42. The minimum atomic E-state index is -0.607. The van der Waals surface area contributed by atoms with Gasteiger partial charge in [-0.3, -0.25) is 14.5 Å². The molecule has 1 aliphatic rings. The molecule has 5 rings (SSSR count). The van der Waals surface area contributed by atoms with E-state index in [2.05, 4.69) is 6.92 Å². The second-order valence-electron chi connectivity index (χ2n) is 8.36. The van der Waals surface area contributed by atoms with Crippen molar-refractivity contribution in [1.29, 1.82) is 0 Å². The van der Waals surface area contributed by atoms with Crippen LogP contribution in [0.5, 0.6) is 5.75 Å². The molecule has 0 saturated carbocycles. The number of anilines is 1. The third-order valence-corrected chi connectivity index (χ3v) is 6.00. The SMILES string of the molecule is CCCCOc1cccc(C2c3c(oc4ccccc4c3=O)C(=O)N2c2cccc(C)c2)c1. The highest BCUT2D eigenvalue weighted by molar-refractivity contribution is 6.10. The van der Waals surface area contributed by atoms with Crippen molar-refractivity contribution in [2.75, 3.05) is 11.5 Å². The number of carbonyl (C=O) groups excluding carboxylic acids is 1. The van der Waals surface area contributed by atoms with Crippen molar-refractivity contribution in [3.63, 3.8) is 0 Å². The summed E-state index contributed by atoms with van der Waals surface area (Å²) >= 11 is 0. The number of carbonyl (C=O) groups is 1. The van der Waals surface area contributed by atoms with Gasteiger partial charge in [0.15, 0.2) is 5.43 Å². The van der Waals surface area contributed by atoms with Crippen molar-refractivity contribution < 1.29 is 13.9 Å². The summed E-state index contributed by atoms with van der Waals surface area (Å²) < 4.78 is 11.9. The van der Waals surface area contributed by atoms with Crippen LogP contribution in [0, 0.1) is 6.92 Å². The van der Waals surface area contributed by atoms with Gasteiger partial charge in [0.25, 0.3) is 5.91 Å². The van der Waals surface area contributed by atoms with Crippen molar-refractivity contribution >= 4 is 22.6 Å². The van der Waals surface area contributed by atoms with E-state index in [4.69, 9.17) is 9.15 Å². The van der Waals surface area contributed by atoms with Crippen molar-refractivity contribution in [3.8, 4) is 5.75 Å². The molecule has 0 saturated heterocycles. The van der Waals surface area contributed by atoms with Crippen LogP contribution in [0.1, 0.15) is 53.1 Å². The van der Waals surface area contributed by atoms with Crippen LogP contribution >= 0.6 is 0 Å². The van der Waals surface area contributed by atoms with Gasteiger partial charge in [0.2, 0.25) is 5.76 Å². The first kappa shape index (κ1) is 21.0. The third-order valence-electron chi connectivity index (χ3n) is 6.00. The van der Waals surface area contributed by atoms with E-state index in [-0.39, 0.29) is 17.1 Å². The van der Waals surface area contributed by atoms with Crippen molar-refractivity contribution in [3.05, 3.63) is 105 Å².